The molecule has 25 heavy (non-hydrogen) atoms. The van der Waals surface area contributed by atoms with E-state index < -0.39 is 17.4 Å². The number of amides is 1. The van der Waals surface area contributed by atoms with Crippen LogP contribution in [0.3, 0.4) is 0 Å². The third-order valence-electron chi connectivity index (χ3n) is 3.25. The number of nitrogens with zero attached hydrogens (tertiary/aromatic N) is 1. The molecule has 0 spiro atoms. The van der Waals surface area contributed by atoms with E-state index in [4.69, 9.17) is 4.74 Å². The zero-order valence-corrected chi connectivity index (χ0v) is 15.5. The van der Waals surface area contributed by atoms with Crippen LogP contribution in [0.15, 0.2) is 16.0 Å². The highest BCUT2D eigenvalue weighted by Crippen LogP contribution is 2.34. The van der Waals surface area contributed by atoms with Gasteiger partial charge in [-0.25, -0.2) is 4.79 Å². The van der Waals surface area contributed by atoms with Crippen molar-refractivity contribution in [2.75, 3.05) is 18.2 Å². The lowest BCUT2D eigenvalue weighted by Crippen LogP contribution is -2.17. The molecule has 0 saturated carbocycles. The van der Waals surface area contributed by atoms with Gasteiger partial charge in [-0.1, -0.05) is 18.7 Å². The first-order valence-corrected chi connectivity index (χ1v) is 9.09. The highest BCUT2D eigenvalue weighted by atomic mass is 32.2. The van der Waals surface area contributed by atoms with Gasteiger partial charge in [0.25, 0.3) is 5.56 Å². The van der Waals surface area contributed by atoms with E-state index in [0.29, 0.717) is 17.0 Å². The van der Waals surface area contributed by atoms with Crippen LogP contribution in [0.5, 0.6) is 5.88 Å². The van der Waals surface area contributed by atoms with Crippen LogP contribution in [0.1, 0.15) is 27.7 Å². The van der Waals surface area contributed by atoms with E-state index in [-0.39, 0.29) is 16.8 Å². The molecule has 0 aliphatic rings. The van der Waals surface area contributed by atoms with E-state index in [2.05, 4.69) is 15.3 Å². The fourth-order valence-corrected chi connectivity index (χ4v) is 4.02. The average molecular weight is 383 g/mol. The summed E-state index contributed by atoms with van der Waals surface area (Å²) < 4.78 is 4.80. The van der Waals surface area contributed by atoms with Gasteiger partial charge in [0.2, 0.25) is 11.8 Å². The molecule has 2 aromatic rings. The van der Waals surface area contributed by atoms with Gasteiger partial charge in [-0.05, 0) is 18.9 Å². The second kappa shape index (κ2) is 8.17. The fraction of sp³-hybridized carbons (Fsp3) is 0.333. The van der Waals surface area contributed by atoms with Crippen LogP contribution in [-0.2, 0) is 16.0 Å². The Kier molecular flexibility index (Phi) is 6.21. The van der Waals surface area contributed by atoms with Crippen molar-refractivity contribution in [2.24, 2.45) is 0 Å². The van der Waals surface area contributed by atoms with E-state index in [1.165, 1.54) is 18.4 Å². The van der Waals surface area contributed by atoms with Gasteiger partial charge >= 0.3 is 5.97 Å². The number of aromatic hydroxyl groups is 1. The van der Waals surface area contributed by atoms with E-state index in [9.17, 15) is 19.5 Å². The zero-order chi connectivity index (χ0) is 18.6. The normalized spacial score (nSPS) is 10.5. The van der Waals surface area contributed by atoms with Crippen molar-refractivity contribution in [1.29, 1.82) is 0 Å². The van der Waals surface area contributed by atoms with Gasteiger partial charge in [-0.3, -0.25) is 9.59 Å². The largest absolute Gasteiger partial charge is 0.493 e. The smallest absolute Gasteiger partial charge is 0.341 e. The van der Waals surface area contributed by atoms with Crippen LogP contribution < -0.4 is 10.9 Å². The van der Waals surface area contributed by atoms with Crippen molar-refractivity contribution in [3.8, 4) is 5.88 Å². The third kappa shape index (κ3) is 4.60. The number of carbonyl (C=O) groups excluding carboxylic acids is 2. The van der Waals surface area contributed by atoms with Gasteiger partial charge in [-0.2, -0.15) is 4.98 Å². The molecule has 2 heterocycles. The summed E-state index contributed by atoms with van der Waals surface area (Å²) >= 11 is 2.27. The number of aromatic nitrogens is 2. The number of anilines is 1. The minimum atomic E-state index is -0.509. The first-order chi connectivity index (χ1) is 11.8. The molecule has 0 fully saturated rings. The van der Waals surface area contributed by atoms with E-state index in [1.54, 1.807) is 0 Å². The van der Waals surface area contributed by atoms with Crippen LogP contribution in [-0.4, -0.2) is 39.8 Å². The Bertz CT molecular complexity index is 859. The number of methoxy groups -OCH3 is 1. The maximum Gasteiger partial charge on any atom is 0.341 e. The number of ether oxygens (including phenoxy) is 1. The first-order valence-electron chi connectivity index (χ1n) is 7.29. The Labute approximate surface area is 151 Å². The second-order valence-corrected chi connectivity index (χ2v) is 7.12. The molecule has 10 heteroatoms. The summed E-state index contributed by atoms with van der Waals surface area (Å²) in [4.78, 5) is 42.5. The van der Waals surface area contributed by atoms with Gasteiger partial charge in [0.05, 0.1) is 24.5 Å². The fourth-order valence-electron chi connectivity index (χ4n) is 2.20. The Morgan fingerprint density at radius 3 is 2.80 bits per heavy atom. The summed E-state index contributed by atoms with van der Waals surface area (Å²) in [6.45, 7) is 3.80. The predicted octanol–water partition coefficient (Wildman–Crippen LogP) is 1.93. The summed E-state index contributed by atoms with van der Waals surface area (Å²) in [5.74, 6) is -1.33. The van der Waals surface area contributed by atoms with E-state index >= 15 is 0 Å². The highest BCUT2D eigenvalue weighted by Gasteiger charge is 2.23. The number of nitrogens with one attached hydrogen (secondary N) is 2. The number of thioether (sulfide) groups is 1. The lowest BCUT2D eigenvalue weighted by atomic mass is 10.1. The molecule has 8 nitrogen and oxygen atoms in total. The molecule has 1 amide bonds. The van der Waals surface area contributed by atoms with Crippen LogP contribution in [0.2, 0.25) is 0 Å². The molecule has 134 valence electrons. The summed E-state index contributed by atoms with van der Waals surface area (Å²) in [6, 6.07) is 0.938. The van der Waals surface area contributed by atoms with E-state index in [1.807, 2.05) is 13.8 Å². The SMILES string of the molecule is CCc1c(C)sc(NC(=O)CSc2nc(O)cc(=O)[nH]2)c1C(=O)OC. The van der Waals surface area contributed by atoms with Crippen LogP contribution in [0.4, 0.5) is 5.00 Å². The zero-order valence-electron chi connectivity index (χ0n) is 13.8. The van der Waals surface area contributed by atoms with Crippen molar-refractivity contribution < 1.29 is 19.4 Å². The van der Waals surface area contributed by atoms with Crippen molar-refractivity contribution in [1.82, 2.24) is 9.97 Å². The predicted molar refractivity (Wildman–Crippen MR) is 95.6 cm³/mol. The summed E-state index contributed by atoms with van der Waals surface area (Å²) in [6.07, 6.45) is 0.645. The molecule has 0 aromatic carbocycles. The van der Waals surface area contributed by atoms with Crippen molar-refractivity contribution in [3.63, 3.8) is 0 Å². The monoisotopic (exact) mass is 383 g/mol. The lowest BCUT2D eigenvalue weighted by Gasteiger charge is -2.06. The minimum absolute atomic E-state index is 0.0502. The van der Waals surface area contributed by atoms with Gasteiger partial charge < -0.3 is 20.1 Å². The molecule has 2 rings (SSSR count). The second-order valence-electron chi connectivity index (χ2n) is 4.93. The Morgan fingerprint density at radius 2 is 2.20 bits per heavy atom. The molecule has 0 unspecified atom stereocenters. The number of thiophene rings is 1. The van der Waals surface area contributed by atoms with Crippen molar-refractivity contribution in [3.05, 3.63) is 32.4 Å². The molecule has 0 radical (unpaired) electrons. The Morgan fingerprint density at radius 1 is 1.48 bits per heavy atom. The van der Waals surface area contributed by atoms with Crippen LogP contribution in [0.25, 0.3) is 0 Å². The number of aromatic amines is 1. The minimum Gasteiger partial charge on any atom is -0.493 e. The number of hydrogen-bond acceptors (Lipinski definition) is 8. The van der Waals surface area contributed by atoms with Gasteiger partial charge in [-0.15, -0.1) is 11.3 Å². The molecule has 0 atom stereocenters. The maximum absolute atomic E-state index is 12.2. The average Bonchev–Trinajstić information content (AvgIpc) is 2.86. The van der Waals surface area contributed by atoms with Crippen molar-refractivity contribution >= 4 is 40.0 Å². The number of aryl methyl sites for hydroxylation is 1. The number of rotatable bonds is 6. The summed E-state index contributed by atoms with van der Waals surface area (Å²) in [5, 5.41) is 12.5. The summed E-state index contributed by atoms with van der Waals surface area (Å²) in [5.41, 5.74) is 0.707. The molecule has 2 aromatic heterocycles. The molecular weight excluding hydrogens is 366 g/mol. The third-order valence-corrected chi connectivity index (χ3v) is 5.19. The van der Waals surface area contributed by atoms with E-state index in [0.717, 1.165) is 28.3 Å². The van der Waals surface area contributed by atoms with Crippen LogP contribution in [0, 0.1) is 6.92 Å². The molecule has 0 aliphatic heterocycles. The maximum atomic E-state index is 12.2. The quantitative estimate of drug-likeness (QED) is 0.396. The number of esters is 1. The van der Waals surface area contributed by atoms with Gasteiger partial charge in [0, 0.05) is 4.88 Å². The van der Waals surface area contributed by atoms with Gasteiger partial charge in [0.1, 0.15) is 5.00 Å². The standard InChI is InChI=1S/C15H17N3O5S2/c1-4-8-7(2)25-13(12(8)14(22)23-3)16-11(21)6-24-15-17-9(19)5-10(20)18-15/h5H,4,6H2,1-3H3,(H,16,21)(H2,17,18,19,20). The van der Waals surface area contributed by atoms with Gasteiger partial charge in [0.15, 0.2) is 5.16 Å². The lowest BCUT2D eigenvalue weighted by molar-refractivity contribution is -0.113. The molecular formula is C15H17N3O5S2. The first kappa shape index (κ1) is 19.0. The number of H-pyrrole nitrogens is 1. The molecule has 0 saturated heterocycles. The topological polar surface area (TPSA) is 121 Å². The number of carbonyl (C=O) groups is 2. The summed E-state index contributed by atoms with van der Waals surface area (Å²) in [7, 11) is 1.29. The Hall–Kier alpha value is -2.33. The highest BCUT2D eigenvalue weighted by molar-refractivity contribution is 7.99. The number of hydrogen-bond donors (Lipinski definition) is 3. The molecule has 0 bridgehead atoms. The molecule has 0 aliphatic carbocycles. The van der Waals surface area contributed by atoms with Crippen LogP contribution >= 0.6 is 23.1 Å². The molecule has 3 N–H and O–H groups in total. The van der Waals surface area contributed by atoms with Crippen molar-refractivity contribution in [2.45, 2.75) is 25.4 Å². The Balaban J connectivity index is 2.12.